The van der Waals surface area contributed by atoms with Crippen LogP contribution in [0.3, 0.4) is 0 Å². The van der Waals surface area contributed by atoms with Gasteiger partial charge in [-0.3, -0.25) is 0 Å². The standard InChI is InChI=1S/C14H20N2O2S/c1-9-4-12(15)8-13(5-9)19(17,18)16-14-7-10-2-3-11(14)6-10/h4-5,8,10-11,14,16H,2-3,6-7,15H2,1H3. The molecule has 2 bridgehead atoms. The van der Waals surface area contributed by atoms with Gasteiger partial charge in [0.1, 0.15) is 0 Å². The lowest BCUT2D eigenvalue weighted by atomic mass is 9.96. The number of nitrogens with two attached hydrogens (primary N) is 1. The van der Waals surface area contributed by atoms with E-state index in [1.807, 2.05) is 6.92 Å². The van der Waals surface area contributed by atoms with Crippen LogP contribution in [-0.2, 0) is 10.0 Å². The highest BCUT2D eigenvalue weighted by Crippen LogP contribution is 2.44. The van der Waals surface area contributed by atoms with Crippen molar-refractivity contribution in [3.05, 3.63) is 23.8 Å². The van der Waals surface area contributed by atoms with Gasteiger partial charge >= 0.3 is 0 Å². The van der Waals surface area contributed by atoms with Crippen molar-refractivity contribution in [2.45, 2.75) is 43.5 Å². The highest BCUT2D eigenvalue weighted by molar-refractivity contribution is 7.89. The molecule has 3 unspecified atom stereocenters. The number of anilines is 1. The van der Waals surface area contributed by atoms with Gasteiger partial charge in [-0.1, -0.05) is 6.42 Å². The lowest BCUT2D eigenvalue weighted by Gasteiger charge is -2.22. The Morgan fingerprint density at radius 2 is 2.00 bits per heavy atom. The van der Waals surface area contributed by atoms with Crippen LogP contribution in [0.15, 0.2) is 23.1 Å². The van der Waals surface area contributed by atoms with E-state index in [1.165, 1.54) is 18.9 Å². The first-order valence-corrected chi connectivity index (χ1v) is 8.32. The molecule has 3 rings (SSSR count). The molecule has 0 saturated heterocycles. The molecule has 2 aliphatic rings. The molecule has 2 fully saturated rings. The van der Waals surface area contributed by atoms with Gasteiger partial charge in [0.25, 0.3) is 0 Å². The summed E-state index contributed by atoms with van der Waals surface area (Å²) >= 11 is 0. The Morgan fingerprint density at radius 3 is 2.58 bits per heavy atom. The van der Waals surface area contributed by atoms with Gasteiger partial charge in [-0.05, 0) is 61.8 Å². The second-order valence-electron chi connectivity index (χ2n) is 5.98. The number of hydrogen-bond donors (Lipinski definition) is 2. The minimum Gasteiger partial charge on any atom is -0.399 e. The van der Waals surface area contributed by atoms with Crippen LogP contribution < -0.4 is 10.5 Å². The Kier molecular flexibility index (Phi) is 3.06. The molecule has 0 amide bonds. The summed E-state index contributed by atoms with van der Waals surface area (Å²) in [5.41, 5.74) is 7.10. The topological polar surface area (TPSA) is 72.2 Å². The van der Waals surface area contributed by atoms with Gasteiger partial charge in [-0.2, -0.15) is 0 Å². The summed E-state index contributed by atoms with van der Waals surface area (Å²) in [6.07, 6.45) is 4.60. The summed E-state index contributed by atoms with van der Waals surface area (Å²) in [4.78, 5) is 0.285. The summed E-state index contributed by atoms with van der Waals surface area (Å²) in [6.45, 7) is 1.85. The van der Waals surface area contributed by atoms with Crippen molar-refractivity contribution in [2.75, 3.05) is 5.73 Å². The minimum absolute atomic E-state index is 0.116. The third-order valence-corrected chi connectivity index (χ3v) is 5.90. The smallest absolute Gasteiger partial charge is 0.240 e. The number of fused-ring (bicyclic) bond motifs is 2. The van der Waals surface area contributed by atoms with E-state index >= 15 is 0 Å². The molecule has 0 heterocycles. The number of sulfonamides is 1. The summed E-state index contributed by atoms with van der Waals surface area (Å²) in [6, 6.07) is 5.09. The van der Waals surface area contributed by atoms with Crippen LogP contribution in [-0.4, -0.2) is 14.5 Å². The molecule has 4 nitrogen and oxygen atoms in total. The van der Waals surface area contributed by atoms with Gasteiger partial charge < -0.3 is 5.73 Å². The molecule has 1 aromatic rings. The molecule has 0 radical (unpaired) electrons. The maximum Gasteiger partial charge on any atom is 0.240 e. The predicted molar refractivity (Wildman–Crippen MR) is 75.1 cm³/mol. The lowest BCUT2D eigenvalue weighted by molar-refractivity contribution is 0.390. The first-order chi connectivity index (χ1) is 8.94. The zero-order valence-electron chi connectivity index (χ0n) is 11.1. The van der Waals surface area contributed by atoms with E-state index in [0.717, 1.165) is 24.3 Å². The quantitative estimate of drug-likeness (QED) is 0.832. The van der Waals surface area contributed by atoms with Crippen molar-refractivity contribution in [1.29, 1.82) is 0 Å². The van der Waals surface area contributed by atoms with Gasteiger partial charge in [0.2, 0.25) is 10.0 Å². The molecule has 19 heavy (non-hydrogen) atoms. The molecule has 0 spiro atoms. The van der Waals surface area contributed by atoms with Gasteiger partial charge in [0.05, 0.1) is 4.90 Å². The number of hydrogen-bond acceptors (Lipinski definition) is 3. The molecule has 2 aliphatic carbocycles. The van der Waals surface area contributed by atoms with E-state index in [0.29, 0.717) is 11.6 Å². The maximum absolute atomic E-state index is 12.4. The van der Waals surface area contributed by atoms with E-state index in [1.54, 1.807) is 12.1 Å². The van der Waals surface area contributed by atoms with Crippen LogP contribution in [0.2, 0.25) is 0 Å². The average molecular weight is 280 g/mol. The molecule has 1 aromatic carbocycles. The summed E-state index contributed by atoms with van der Waals surface area (Å²) in [5, 5.41) is 0. The van der Waals surface area contributed by atoms with Crippen LogP contribution in [0, 0.1) is 18.8 Å². The van der Waals surface area contributed by atoms with Crippen LogP contribution in [0.1, 0.15) is 31.2 Å². The fourth-order valence-electron chi connectivity index (χ4n) is 3.59. The van der Waals surface area contributed by atoms with E-state index in [4.69, 9.17) is 5.73 Å². The third-order valence-electron chi connectivity index (χ3n) is 4.43. The highest BCUT2D eigenvalue weighted by atomic mass is 32.2. The van der Waals surface area contributed by atoms with Crippen LogP contribution >= 0.6 is 0 Å². The maximum atomic E-state index is 12.4. The van der Waals surface area contributed by atoms with Gasteiger partial charge in [-0.25, -0.2) is 13.1 Å². The van der Waals surface area contributed by atoms with Crippen molar-refractivity contribution in [3.8, 4) is 0 Å². The first kappa shape index (κ1) is 12.9. The van der Waals surface area contributed by atoms with E-state index in [2.05, 4.69) is 4.72 Å². The van der Waals surface area contributed by atoms with Crippen molar-refractivity contribution in [2.24, 2.45) is 11.8 Å². The Balaban J connectivity index is 1.82. The van der Waals surface area contributed by atoms with Crippen LogP contribution in [0.25, 0.3) is 0 Å². The summed E-state index contributed by atoms with van der Waals surface area (Å²) in [5.74, 6) is 1.25. The number of benzene rings is 1. The van der Waals surface area contributed by atoms with Gasteiger partial charge in [0.15, 0.2) is 0 Å². The summed E-state index contributed by atoms with van der Waals surface area (Å²) in [7, 11) is -3.44. The Labute approximate surface area is 114 Å². The van der Waals surface area contributed by atoms with Crippen LogP contribution in [0.4, 0.5) is 5.69 Å². The van der Waals surface area contributed by atoms with Crippen LogP contribution in [0.5, 0.6) is 0 Å². The van der Waals surface area contributed by atoms with Crippen molar-refractivity contribution in [3.63, 3.8) is 0 Å². The zero-order valence-corrected chi connectivity index (χ0v) is 11.9. The SMILES string of the molecule is Cc1cc(N)cc(S(=O)(=O)NC2CC3CCC2C3)c1. The molecule has 0 aliphatic heterocycles. The van der Waals surface area contributed by atoms with Gasteiger partial charge in [0, 0.05) is 11.7 Å². The Morgan fingerprint density at radius 1 is 1.21 bits per heavy atom. The average Bonchev–Trinajstić information content (AvgIpc) is 2.88. The highest BCUT2D eigenvalue weighted by Gasteiger charge is 2.41. The van der Waals surface area contributed by atoms with E-state index in [9.17, 15) is 8.42 Å². The number of nitrogens with one attached hydrogen (secondary N) is 1. The molecule has 0 aromatic heterocycles. The second kappa shape index (κ2) is 4.49. The van der Waals surface area contributed by atoms with E-state index < -0.39 is 10.0 Å². The molecule has 104 valence electrons. The number of aryl methyl sites for hydroxylation is 1. The van der Waals surface area contributed by atoms with Crippen molar-refractivity contribution < 1.29 is 8.42 Å². The second-order valence-corrected chi connectivity index (χ2v) is 7.70. The van der Waals surface area contributed by atoms with Gasteiger partial charge in [-0.15, -0.1) is 0 Å². The normalized spacial score (nSPS) is 29.8. The molecular weight excluding hydrogens is 260 g/mol. The molecule has 5 heteroatoms. The fourth-order valence-corrected chi connectivity index (χ4v) is 5.04. The fraction of sp³-hybridized carbons (Fsp3) is 0.571. The Hall–Kier alpha value is -1.07. The zero-order chi connectivity index (χ0) is 13.6. The monoisotopic (exact) mass is 280 g/mol. The molecule has 3 atom stereocenters. The molecule has 3 N–H and O–H groups in total. The number of rotatable bonds is 3. The minimum atomic E-state index is -3.44. The Bertz CT molecular complexity index is 577. The number of nitrogen functional groups attached to an aromatic ring is 1. The predicted octanol–water partition coefficient (Wildman–Crippen LogP) is 2.04. The molecular formula is C14H20N2O2S. The van der Waals surface area contributed by atoms with E-state index in [-0.39, 0.29) is 10.9 Å². The third kappa shape index (κ3) is 2.49. The lowest BCUT2D eigenvalue weighted by Crippen LogP contribution is -2.38. The van der Waals surface area contributed by atoms with Crippen molar-refractivity contribution in [1.82, 2.24) is 4.72 Å². The molecule has 2 saturated carbocycles. The first-order valence-electron chi connectivity index (χ1n) is 6.83. The largest absolute Gasteiger partial charge is 0.399 e. The van der Waals surface area contributed by atoms with Crippen molar-refractivity contribution >= 4 is 15.7 Å². The summed E-state index contributed by atoms with van der Waals surface area (Å²) < 4.78 is 27.7.